The number of carbonyl (C=O) groups excluding carboxylic acids is 1. The van der Waals surface area contributed by atoms with Gasteiger partial charge in [0.1, 0.15) is 5.54 Å². The van der Waals surface area contributed by atoms with Gasteiger partial charge < -0.3 is 14.8 Å². The van der Waals surface area contributed by atoms with Crippen molar-refractivity contribution in [1.29, 1.82) is 0 Å². The number of aromatic nitrogens is 2. The molecule has 1 aromatic heterocycles. The summed E-state index contributed by atoms with van der Waals surface area (Å²) in [7, 11) is 0. The van der Waals surface area contributed by atoms with Crippen molar-refractivity contribution in [2.75, 3.05) is 0 Å². The fourth-order valence-electron chi connectivity index (χ4n) is 2.12. The highest BCUT2D eigenvalue weighted by atomic mass is 16.4. The van der Waals surface area contributed by atoms with Crippen molar-refractivity contribution >= 4 is 11.9 Å². The standard InChI is InChI=1S/C15H15N3O4/c19-11(16-15(8-9-15)14(20)21)6-7-12-17-18-13(22-12)10-4-2-1-3-5-10/h1-5H,6-9H2,(H,16,19)(H,20,21). The smallest absolute Gasteiger partial charge is 0.329 e. The van der Waals surface area contributed by atoms with Gasteiger partial charge in [-0.1, -0.05) is 18.2 Å². The molecule has 114 valence electrons. The first-order valence-electron chi connectivity index (χ1n) is 7.01. The predicted molar refractivity (Wildman–Crippen MR) is 75.8 cm³/mol. The van der Waals surface area contributed by atoms with Gasteiger partial charge in [-0.15, -0.1) is 10.2 Å². The lowest BCUT2D eigenvalue weighted by atomic mass is 10.2. The van der Waals surface area contributed by atoms with E-state index in [9.17, 15) is 9.59 Å². The molecule has 1 aliphatic rings. The first-order chi connectivity index (χ1) is 10.6. The van der Waals surface area contributed by atoms with Crippen LogP contribution < -0.4 is 5.32 Å². The van der Waals surface area contributed by atoms with Crippen LogP contribution in [-0.2, 0) is 16.0 Å². The second-order valence-corrected chi connectivity index (χ2v) is 5.30. The van der Waals surface area contributed by atoms with Crippen LogP contribution in [0.2, 0.25) is 0 Å². The normalized spacial score (nSPS) is 15.3. The number of benzene rings is 1. The Morgan fingerprint density at radius 1 is 1.23 bits per heavy atom. The van der Waals surface area contributed by atoms with Gasteiger partial charge in [0, 0.05) is 18.4 Å². The molecule has 0 spiro atoms. The summed E-state index contributed by atoms with van der Waals surface area (Å²) in [5.41, 5.74) is -0.241. The summed E-state index contributed by atoms with van der Waals surface area (Å²) in [5.74, 6) is -0.543. The third kappa shape index (κ3) is 2.98. The largest absolute Gasteiger partial charge is 0.480 e. The highest BCUT2D eigenvalue weighted by Gasteiger charge is 2.51. The second-order valence-electron chi connectivity index (χ2n) is 5.30. The Labute approximate surface area is 126 Å². The topological polar surface area (TPSA) is 105 Å². The minimum atomic E-state index is -1.05. The molecule has 0 saturated heterocycles. The van der Waals surface area contributed by atoms with Crippen molar-refractivity contribution in [3.63, 3.8) is 0 Å². The van der Waals surface area contributed by atoms with Crippen LogP contribution in [0.15, 0.2) is 34.7 Å². The van der Waals surface area contributed by atoms with Gasteiger partial charge >= 0.3 is 5.97 Å². The summed E-state index contributed by atoms with van der Waals surface area (Å²) >= 11 is 0. The van der Waals surface area contributed by atoms with Gasteiger partial charge in [0.05, 0.1) is 0 Å². The van der Waals surface area contributed by atoms with Crippen LogP contribution in [0.4, 0.5) is 0 Å². The summed E-state index contributed by atoms with van der Waals surface area (Å²) in [6.07, 6.45) is 1.35. The average Bonchev–Trinajstić information content (AvgIpc) is 3.15. The van der Waals surface area contributed by atoms with Crippen LogP contribution in [0.5, 0.6) is 0 Å². The maximum atomic E-state index is 11.8. The lowest BCUT2D eigenvalue weighted by Gasteiger charge is -2.11. The molecule has 1 fully saturated rings. The molecule has 22 heavy (non-hydrogen) atoms. The van der Waals surface area contributed by atoms with Gasteiger partial charge in [-0.2, -0.15) is 0 Å². The molecule has 0 radical (unpaired) electrons. The molecular weight excluding hydrogens is 286 g/mol. The van der Waals surface area contributed by atoms with Gasteiger partial charge in [0.2, 0.25) is 17.7 Å². The fourth-order valence-corrected chi connectivity index (χ4v) is 2.12. The average molecular weight is 301 g/mol. The number of rotatable bonds is 6. The summed E-state index contributed by atoms with van der Waals surface area (Å²) in [6, 6.07) is 9.34. The zero-order chi connectivity index (χ0) is 15.6. The van der Waals surface area contributed by atoms with Gasteiger partial charge in [-0.05, 0) is 25.0 Å². The number of carbonyl (C=O) groups is 2. The highest BCUT2D eigenvalue weighted by molar-refractivity contribution is 5.89. The Bertz CT molecular complexity index is 692. The lowest BCUT2D eigenvalue weighted by molar-refractivity contribution is -0.143. The molecule has 1 aliphatic carbocycles. The third-order valence-electron chi connectivity index (χ3n) is 3.59. The second kappa shape index (κ2) is 5.59. The third-order valence-corrected chi connectivity index (χ3v) is 3.59. The number of carboxylic acids is 1. The molecule has 0 atom stereocenters. The van der Waals surface area contributed by atoms with E-state index in [1.54, 1.807) is 0 Å². The Morgan fingerprint density at radius 2 is 1.95 bits per heavy atom. The molecule has 0 unspecified atom stereocenters. The maximum Gasteiger partial charge on any atom is 0.329 e. The van der Waals surface area contributed by atoms with E-state index in [1.165, 1.54) is 0 Å². The van der Waals surface area contributed by atoms with E-state index < -0.39 is 11.5 Å². The van der Waals surface area contributed by atoms with Crippen LogP contribution >= 0.6 is 0 Å². The van der Waals surface area contributed by atoms with Crippen LogP contribution in [0.1, 0.15) is 25.2 Å². The Hall–Kier alpha value is -2.70. The number of aryl methyl sites for hydroxylation is 1. The first-order valence-corrected chi connectivity index (χ1v) is 7.01. The Morgan fingerprint density at radius 3 is 2.59 bits per heavy atom. The molecule has 0 aliphatic heterocycles. The Balaban J connectivity index is 1.55. The number of nitrogens with zero attached hydrogens (tertiary/aromatic N) is 2. The number of carboxylic acid groups (broad SMARTS) is 1. The molecule has 2 aromatic rings. The predicted octanol–water partition coefficient (Wildman–Crippen LogP) is 1.40. The number of amides is 1. The van der Waals surface area contributed by atoms with Crippen LogP contribution in [-0.4, -0.2) is 32.7 Å². The molecule has 1 aromatic carbocycles. The van der Waals surface area contributed by atoms with Crippen molar-refractivity contribution in [2.24, 2.45) is 0 Å². The van der Waals surface area contributed by atoms with E-state index in [0.29, 0.717) is 24.6 Å². The number of nitrogens with one attached hydrogen (secondary N) is 1. The zero-order valence-electron chi connectivity index (χ0n) is 11.8. The number of hydrogen-bond donors (Lipinski definition) is 2. The van der Waals surface area contributed by atoms with E-state index in [4.69, 9.17) is 9.52 Å². The molecule has 2 N–H and O–H groups in total. The first kappa shape index (κ1) is 14.2. The van der Waals surface area contributed by atoms with E-state index >= 15 is 0 Å². The molecule has 7 nitrogen and oxygen atoms in total. The Kier molecular flexibility index (Phi) is 3.62. The summed E-state index contributed by atoms with van der Waals surface area (Å²) in [5, 5.41) is 19.4. The van der Waals surface area contributed by atoms with Crippen molar-refractivity contribution in [3.05, 3.63) is 36.2 Å². The van der Waals surface area contributed by atoms with E-state index in [0.717, 1.165) is 5.56 Å². The van der Waals surface area contributed by atoms with Crippen molar-refractivity contribution in [1.82, 2.24) is 15.5 Å². The van der Waals surface area contributed by atoms with Crippen molar-refractivity contribution in [3.8, 4) is 11.5 Å². The maximum absolute atomic E-state index is 11.8. The van der Waals surface area contributed by atoms with E-state index in [1.807, 2.05) is 30.3 Å². The molecule has 3 rings (SSSR count). The van der Waals surface area contributed by atoms with Crippen molar-refractivity contribution in [2.45, 2.75) is 31.2 Å². The summed E-state index contributed by atoms with van der Waals surface area (Å²) < 4.78 is 5.49. The number of aliphatic carboxylic acids is 1. The highest BCUT2D eigenvalue weighted by Crippen LogP contribution is 2.35. The van der Waals surface area contributed by atoms with Gasteiger partial charge in [-0.25, -0.2) is 4.79 Å². The molecule has 0 bridgehead atoms. The molecule has 1 heterocycles. The van der Waals surface area contributed by atoms with Gasteiger partial charge in [0.25, 0.3) is 0 Å². The van der Waals surface area contributed by atoms with E-state index in [2.05, 4.69) is 15.5 Å². The molecule has 7 heteroatoms. The lowest BCUT2D eigenvalue weighted by Crippen LogP contribution is -2.43. The zero-order valence-corrected chi connectivity index (χ0v) is 11.8. The van der Waals surface area contributed by atoms with E-state index in [-0.39, 0.29) is 18.7 Å². The van der Waals surface area contributed by atoms with Gasteiger partial charge in [0.15, 0.2) is 0 Å². The van der Waals surface area contributed by atoms with Crippen LogP contribution in [0, 0.1) is 0 Å². The van der Waals surface area contributed by atoms with Crippen LogP contribution in [0.3, 0.4) is 0 Å². The molecule has 1 amide bonds. The monoisotopic (exact) mass is 301 g/mol. The summed E-state index contributed by atoms with van der Waals surface area (Å²) in [4.78, 5) is 22.8. The minimum absolute atomic E-state index is 0.117. The fraction of sp³-hybridized carbons (Fsp3) is 0.333. The van der Waals surface area contributed by atoms with Crippen molar-refractivity contribution < 1.29 is 19.1 Å². The minimum Gasteiger partial charge on any atom is -0.480 e. The summed E-state index contributed by atoms with van der Waals surface area (Å²) in [6.45, 7) is 0. The molecule has 1 saturated carbocycles. The molecular formula is C15H15N3O4. The number of hydrogen-bond acceptors (Lipinski definition) is 5. The van der Waals surface area contributed by atoms with Crippen LogP contribution in [0.25, 0.3) is 11.5 Å². The quantitative estimate of drug-likeness (QED) is 0.835. The SMILES string of the molecule is O=C(CCc1nnc(-c2ccccc2)o1)NC1(C(=O)O)CC1. The van der Waals surface area contributed by atoms with Gasteiger partial charge in [-0.3, -0.25) is 4.79 Å².